The lowest BCUT2D eigenvalue weighted by Crippen LogP contribution is -2.27. The quantitative estimate of drug-likeness (QED) is 0.844. The van der Waals surface area contributed by atoms with Gasteiger partial charge in [-0.25, -0.2) is 13.1 Å². The van der Waals surface area contributed by atoms with Crippen molar-refractivity contribution < 1.29 is 13.2 Å². The van der Waals surface area contributed by atoms with Gasteiger partial charge in [-0.2, -0.15) is 0 Å². The molecule has 0 bridgehead atoms. The first-order valence-electron chi connectivity index (χ1n) is 6.32. The maximum Gasteiger partial charge on any atom is 0.242 e. The molecule has 110 valence electrons. The third-order valence-electron chi connectivity index (χ3n) is 2.65. The summed E-state index contributed by atoms with van der Waals surface area (Å²) in [5.74, 6) is -0.255. The number of hydrogen-bond donors (Lipinski definition) is 2. The van der Waals surface area contributed by atoms with Crippen LogP contribution in [0.3, 0.4) is 0 Å². The van der Waals surface area contributed by atoms with Crippen molar-refractivity contribution in [3.05, 3.63) is 54.9 Å². The maximum absolute atomic E-state index is 11.9. The van der Waals surface area contributed by atoms with Gasteiger partial charge < -0.3 is 5.32 Å². The lowest BCUT2D eigenvalue weighted by atomic mass is 10.3. The van der Waals surface area contributed by atoms with Crippen molar-refractivity contribution in [3.63, 3.8) is 0 Å². The highest BCUT2D eigenvalue weighted by atomic mass is 32.2. The average molecular weight is 305 g/mol. The van der Waals surface area contributed by atoms with Crippen LogP contribution in [-0.4, -0.2) is 25.9 Å². The third-order valence-corrected chi connectivity index (χ3v) is 4.09. The number of nitrogens with zero attached hydrogens (tertiary/aromatic N) is 1. The highest BCUT2D eigenvalue weighted by molar-refractivity contribution is 7.89. The van der Waals surface area contributed by atoms with E-state index in [1.807, 2.05) is 6.07 Å². The van der Waals surface area contributed by atoms with E-state index in [1.54, 1.807) is 24.3 Å². The molecule has 1 aromatic heterocycles. The molecule has 0 aliphatic rings. The molecule has 1 aromatic carbocycles. The molecule has 0 spiro atoms. The molecule has 0 fully saturated rings. The minimum Gasteiger partial charge on any atom is -0.326 e. The molecule has 7 heteroatoms. The van der Waals surface area contributed by atoms with Crippen LogP contribution in [0, 0.1) is 0 Å². The van der Waals surface area contributed by atoms with Gasteiger partial charge in [0, 0.05) is 31.0 Å². The van der Waals surface area contributed by atoms with Crippen LogP contribution in [0.25, 0.3) is 0 Å². The van der Waals surface area contributed by atoms with E-state index in [2.05, 4.69) is 15.0 Å². The summed E-state index contributed by atoms with van der Waals surface area (Å²) in [6, 6.07) is 12.0. The van der Waals surface area contributed by atoms with Crippen molar-refractivity contribution in [2.24, 2.45) is 0 Å². The van der Waals surface area contributed by atoms with Crippen molar-refractivity contribution in [3.8, 4) is 0 Å². The van der Waals surface area contributed by atoms with Crippen LogP contribution in [0.15, 0.2) is 59.8 Å². The van der Waals surface area contributed by atoms with Gasteiger partial charge in [0.1, 0.15) is 4.90 Å². The predicted molar refractivity (Wildman–Crippen MR) is 79.1 cm³/mol. The van der Waals surface area contributed by atoms with Gasteiger partial charge in [-0.1, -0.05) is 18.2 Å². The normalized spacial score (nSPS) is 11.0. The molecule has 1 heterocycles. The fourth-order valence-electron chi connectivity index (χ4n) is 1.63. The molecular weight excluding hydrogens is 290 g/mol. The number of sulfonamides is 1. The molecule has 0 atom stereocenters. The zero-order chi connectivity index (χ0) is 15.1. The van der Waals surface area contributed by atoms with E-state index >= 15 is 0 Å². The summed E-state index contributed by atoms with van der Waals surface area (Å²) < 4.78 is 26.1. The molecule has 2 rings (SSSR count). The average Bonchev–Trinajstić information content (AvgIpc) is 2.49. The second-order valence-corrected chi connectivity index (χ2v) is 6.02. The Morgan fingerprint density at radius 2 is 1.86 bits per heavy atom. The van der Waals surface area contributed by atoms with Gasteiger partial charge >= 0.3 is 0 Å². The Hall–Kier alpha value is -2.25. The third kappa shape index (κ3) is 4.66. The van der Waals surface area contributed by atoms with Crippen LogP contribution in [0.1, 0.15) is 6.42 Å². The second-order valence-electron chi connectivity index (χ2n) is 4.25. The summed E-state index contributed by atoms with van der Waals surface area (Å²) >= 11 is 0. The monoisotopic (exact) mass is 305 g/mol. The Balaban J connectivity index is 1.83. The van der Waals surface area contributed by atoms with Crippen molar-refractivity contribution in [2.75, 3.05) is 11.9 Å². The molecular formula is C14H15N3O3S. The molecule has 0 saturated carbocycles. The Morgan fingerprint density at radius 3 is 2.52 bits per heavy atom. The number of anilines is 1. The number of carbonyl (C=O) groups excluding carboxylic acids is 1. The molecule has 0 radical (unpaired) electrons. The van der Waals surface area contributed by atoms with Gasteiger partial charge in [0.25, 0.3) is 0 Å². The Bertz CT molecular complexity index is 688. The Labute approximate surface area is 123 Å². The van der Waals surface area contributed by atoms with Crippen LogP contribution in [0.2, 0.25) is 0 Å². The van der Waals surface area contributed by atoms with Crippen LogP contribution in [-0.2, 0) is 14.8 Å². The molecule has 1 amide bonds. The van der Waals surface area contributed by atoms with Gasteiger partial charge in [-0.15, -0.1) is 0 Å². The van der Waals surface area contributed by atoms with Crippen molar-refractivity contribution in [2.45, 2.75) is 11.3 Å². The predicted octanol–water partition coefficient (Wildman–Crippen LogP) is 1.39. The van der Waals surface area contributed by atoms with Crippen molar-refractivity contribution in [1.82, 2.24) is 9.71 Å². The first-order valence-corrected chi connectivity index (χ1v) is 7.81. The smallest absolute Gasteiger partial charge is 0.242 e. The van der Waals surface area contributed by atoms with E-state index in [1.165, 1.54) is 24.5 Å². The SMILES string of the molecule is O=C(CCNS(=O)(=O)c1cccnc1)Nc1ccccc1. The summed E-state index contributed by atoms with van der Waals surface area (Å²) in [4.78, 5) is 15.5. The van der Waals surface area contributed by atoms with Gasteiger partial charge in [0.05, 0.1) is 0 Å². The number of pyridine rings is 1. The summed E-state index contributed by atoms with van der Waals surface area (Å²) in [7, 11) is -3.62. The van der Waals surface area contributed by atoms with Crippen LogP contribution >= 0.6 is 0 Å². The van der Waals surface area contributed by atoms with Crippen molar-refractivity contribution >= 4 is 21.6 Å². The molecule has 21 heavy (non-hydrogen) atoms. The van der Waals surface area contributed by atoms with Crippen LogP contribution < -0.4 is 10.0 Å². The van der Waals surface area contributed by atoms with E-state index in [9.17, 15) is 13.2 Å². The lowest BCUT2D eigenvalue weighted by molar-refractivity contribution is -0.116. The van der Waals surface area contributed by atoms with E-state index in [0.717, 1.165) is 0 Å². The first-order chi connectivity index (χ1) is 10.1. The lowest BCUT2D eigenvalue weighted by Gasteiger charge is -2.07. The molecule has 0 aliphatic heterocycles. The molecule has 0 saturated heterocycles. The molecule has 2 N–H and O–H groups in total. The minimum absolute atomic E-state index is 0.0237. The number of nitrogens with one attached hydrogen (secondary N) is 2. The van der Waals surface area contributed by atoms with Crippen molar-refractivity contribution in [1.29, 1.82) is 0 Å². The second kappa shape index (κ2) is 6.96. The Kier molecular flexibility index (Phi) is 5.02. The van der Waals surface area contributed by atoms with Gasteiger partial charge in [-0.05, 0) is 24.3 Å². The van der Waals surface area contributed by atoms with E-state index in [0.29, 0.717) is 5.69 Å². The number of para-hydroxylation sites is 1. The summed E-state index contributed by atoms with van der Waals surface area (Å²) in [5, 5.41) is 2.68. The highest BCUT2D eigenvalue weighted by Gasteiger charge is 2.13. The van der Waals surface area contributed by atoms with E-state index in [4.69, 9.17) is 0 Å². The fourth-order valence-corrected chi connectivity index (χ4v) is 2.63. The van der Waals surface area contributed by atoms with E-state index < -0.39 is 10.0 Å². The fraction of sp³-hybridized carbons (Fsp3) is 0.143. The first kappa shape index (κ1) is 15.1. The van der Waals surface area contributed by atoms with E-state index in [-0.39, 0.29) is 23.8 Å². The highest BCUT2D eigenvalue weighted by Crippen LogP contribution is 2.06. The topological polar surface area (TPSA) is 88.2 Å². The number of carbonyl (C=O) groups is 1. The van der Waals surface area contributed by atoms with Crippen LogP contribution in [0.5, 0.6) is 0 Å². The molecule has 2 aromatic rings. The zero-order valence-electron chi connectivity index (χ0n) is 11.2. The summed E-state index contributed by atoms with van der Waals surface area (Å²) in [6.45, 7) is 0.0237. The number of aromatic nitrogens is 1. The number of benzene rings is 1. The number of hydrogen-bond acceptors (Lipinski definition) is 4. The zero-order valence-corrected chi connectivity index (χ0v) is 12.0. The van der Waals surface area contributed by atoms with Gasteiger partial charge in [0.15, 0.2) is 0 Å². The largest absolute Gasteiger partial charge is 0.326 e. The number of amides is 1. The summed E-state index contributed by atoms with van der Waals surface area (Å²) in [5.41, 5.74) is 0.678. The van der Waals surface area contributed by atoms with Gasteiger partial charge in [0.2, 0.25) is 15.9 Å². The summed E-state index contributed by atoms with van der Waals surface area (Å²) in [6.07, 6.45) is 2.80. The molecule has 6 nitrogen and oxygen atoms in total. The minimum atomic E-state index is -3.62. The Morgan fingerprint density at radius 1 is 1.10 bits per heavy atom. The van der Waals surface area contributed by atoms with Crippen LogP contribution in [0.4, 0.5) is 5.69 Å². The molecule has 0 aliphatic carbocycles. The molecule has 0 unspecified atom stereocenters. The standard InChI is InChI=1S/C14H15N3O3S/c18-14(17-12-5-2-1-3-6-12)8-10-16-21(19,20)13-7-4-9-15-11-13/h1-7,9,11,16H,8,10H2,(H,17,18). The number of rotatable bonds is 6. The van der Waals surface area contributed by atoms with Gasteiger partial charge in [-0.3, -0.25) is 9.78 Å². The maximum atomic E-state index is 11.9.